The van der Waals surface area contributed by atoms with E-state index in [1.807, 2.05) is 15.8 Å². The summed E-state index contributed by atoms with van der Waals surface area (Å²) in [7, 11) is 0. The molecule has 2 aromatic heterocycles. The van der Waals surface area contributed by atoms with Gasteiger partial charge in [-0.15, -0.1) is 0 Å². The first-order valence-corrected chi connectivity index (χ1v) is 10.2. The SMILES string of the molecule is O=C(Cn1cncn1)N1CCC2(CC1)CC(O)c1nn(C3CCCC3)cc1O2. The highest BCUT2D eigenvalue weighted by molar-refractivity contribution is 5.76. The standard InChI is InChI=1S/C19H26N6O3/c26-15-9-19(28-16-10-25(22-18(15)16)14-3-1-2-4-14)5-7-23(8-6-19)17(27)11-24-13-20-12-21-24/h10,12-15,26H,1-9,11H2. The number of amides is 1. The third-order valence-corrected chi connectivity index (χ3v) is 6.42. The van der Waals surface area contributed by atoms with Gasteiger partial charge < -0.3 is 14.7 Å². The number of piperidine rings is 1. The van der Waals surface area contributed by atoms with Crippen LogP contribution in [0.25, 0.3) is 0 Å². The van der Waals surface area contributed by atoms with Crippen LogP contribution in [0.5, 0.6) is 5.75 Å². The van der Waals surface area contributed by atoms with Crippen LogP contribution in [0.2, 0.25) is 0 Å². The molecular formula is C19H26N6O3. The van der Waals surface area contributed by atoms with Crippen LogP contribution in [0.4, 0.5) is 0 Å². The maximum atomic E-state index is 12.5. The summed E-state index contributed by atoms with van der Waals surface area (Å²) in [6.07, 6.45) is 11.1. The van der Waals surface area contributed by atoms with Crippen molar-refractivity contribution in [2.75, 3.05) is 13.1 Å². The van der Waals surface area contributed by atoms with E-state index in [1.54, 1.807) is 6.33 Å². The van der Waals surface area contributed by atoms with Crippen LogP contribution >= 0.6 is 0 Å². The molecule has 0 radical (unpaired) electrons. The Bertz CT molecular complexity index is 834. The number of aromatic nitrogens is 5. The molecule has 1 N–H and O–H groups in total. The van der Waals surface area contributed by atoms with Crippen molar-refractivity contribution < 1.29 is 14.6 Å². The van der Waals surface area contributed by atoms with Crippen LogP contribution in [-0.2, 0) is 11.3 Å². The lowest BCUT2D eigenvalue weighted by atomic mass is 9.83. The van der Waals surface area contributed by atoms with Crippen molar-refractivity contribution >= 4 is 5.91 Å². The zero-order chi connectivity index (χ0) is 19.1. The molecule has 1 unspecified atom stereocenters. The van der Waals surface area contributed by atoms with E-state index in [-0.39, 0.29) is 12.5 Å². The fourth-order valence-electron chi connectivity index (χ4n) is 4.80. The maximum Gasteiger partial charge on any atom is 0.244 e. The number of carbonyl (C=O) groups is 1. The fraction of sp³-hybridized carbons (Fsp3) is 0.684. The molecule has 150 valence electrons. The van der Waals surface area contributed by atoms with Crippen molar-refractivity contribution in [2.24, 2.45) is 0 Å². The van der Waals surface area contributed by atoms with Gasteiger partial charge in [0.25, 0.3) is 0 Å². The van der Waals surface area contributed by atoms with Crippen LogP contribution in [0, 0.1) is 0 Å². The predicted molar refractivity (Wildman–Crippen MR) is 98.5 cm³/mol. The number of hydrogen-bond acceptors (Lipinski definition) is 6. The normalized spacial score (nSPS) is 24.3. The molecular weight excluding hydrogens is 360 g/mol. The first-order valence-electron chi connectivity index (χ1n) is 10.2. The van der Waals surface area contributed by atoms with Gasteiger partial charge in [-0.05, 0) is 12.8 Å². The lowest BCUT2D eigenvalue weighted by Gasteiger charge is -2.44. The molecule has 1 amide bonds. The van der Waals surface area contributed by atoms with Gasteiger partial charge in [-0.3, -0.25) is 9.48 Å². The Hall–Kier alpha value is -2.42. The van der Waals surface area contributed by atoms with Gasteiger partial charge in [0.05, 0.1) is 12.2 Å². The molecule has 2 aliphatic heterocycles. The maximum absolute atomic E-state index is 12.5. The molecule has 28 heavy (non-hydrogen) atoms. The molecule has 3 aliphatic rings. The van der Waals surface area contributed by atoms with Crippen LogP contribution < -0.4 is 4.74 Å². The Kier molecular flexibility index (Phi) is 4.34. The number of likely N-dealkylation sites (tertiary alicyclic amines) is 1. The van der Waals surface area contributed by atoms with E-state index in [9.17, 15) is 9.90 Å². The zero-order valence-electron chi connectivity index (χ0n) is 15.9. The number of carbonyl (C=O) groups excluding carboxylic acids is 1. The third kappa shape index (κ3) is 3.17. The van der Waals surface area contributed by atoms with E-state index in [0.29, 0.717) is 49.8 Å². The quantitative estimate of drug-likeness (QED) is 0.858. The van der Waals surface area contributed by atoms with Gasteiger partial charge in [-0.2, -0.15) is 10.2 Å². The van der Waals surface area contributed by atoms with Gasteiger partial charge in [0, 0.05) is 32.4 Å². The molecule has 1 saturated carbocycles. The molecule has 0 aromatic carbocycles. The molecule has 1 atom stereocenters. The largest absolute Gasteiger partial charge is 0.483 e. The number of fused-ring (bicyclic) bond motifs is 1. The number of aliphatic hydroxyl groups is 1. The van der Waals surface area contributed by atoms with Crippen LogP contribution in [0.1, 0.15) is 62.8 Å². The van der Waals surface area contributed by atoms with Crippen molar-refractivity contribution in [3.63, 3.8) is 0 Å². The Morgan fingerprint density at radius 3 is 2.79 bits per heavy atom. The molecule has 9 nitrogen and oxygen atoms in total. The zero-order valence-corrected chi connectivity index (χ0v) is 15.9. The fourth-order valence-corrected chi connectivity index (χ4v) is 4.80. The second kappa shape index (κ2) is 6.88. The summed E-state index contributed by atoms with van der Waals surface area (Å²) in [6.45, 7) is 1.44. The minimum atomic E-state index is -0.608. The van der Waals surface area contributed by atoms with Crippen LogP contribution in [0.15, 0.2) is 18.9 Å². The molecule has 0 bridgehead atoms. The second-order valence-corrected chi connectivity index (χ2v) is 8.28. The second-order valence-electron chi connectivity index (χ2n) is 8.28. The molecule has 1 spiro atoms. The Morgan fingerprint density at radius 1 is 1.29 bits per heavy atom. The number of aliphatic hydroxyl groups excluding tert-OH is 1. The molecule has 2 fully saturated rings. The first kappa shape index (κ1) is 17.7. The van der Waals surface area contributed by atoms with E-state index in [2.05, 4.69) is 15.2 Å². The van der Waals surface area contributed by atoms with Crippen molar-refractivity contribution in [1.29, 1.82) is 0 Å². The Labute approximate surface area is 163 Å². The summed E-state index contributed by atoms with van der Waals surface area (Å²) in [5.41, 5.74) is 0.252. The highest BCUT2D eigenvalue weighted by Gasteiger charge is 2.45. The summed E-state index contributed by atoms with van der Waals surface area (Å²) in [5, 5.41) is 19.4. The molecule has 9 heteroatoms. The summed E-state index contributed by atoms with van der Waals surface area (Å²) in [5.74, 6) is 0.750. The molecule has 1 saturated heterocycles. The van der Waals surface area contributed by atoms with Crippen molar-refractivity contribution in [3.8, 4) is 5.75 Å². The highest BCUT2D eigenvalue weighted by Crippen LogP contribution is 2.44. The number of nitrogens with zero attached hydrogens (tertiary/aromatic N) is 6. The minimum Gasteiger partial charge on any atom is -0.483 e. The van der Waals surface area contributed by atoms with Crippen LogP contribution in [-0.4, -0.2) is 59.1 Å². The van der Waals surface area contributed by atoms with Gasteiger partial charge in [-0.25, -0.2) is 9.67 Å². The summed E-state index contributed by atoms with van der Waals surface area (Å²) in [4.78, 5) is 18.2. The third-order valence-electron chi connectivity index (χ3n) is 6.42. The van der Waals surface area contributed by atoms with Crippen LogP contribution in [0.3, 0.4) is 0 Å². The number of hydrogen-bond donors (Lipinski definition) is 1. The monoisotopic (exact) mass is 386 g/mol. The minimum absolute atomic E-state index is 0.0337. The van der Waals surface area contributed by atoms with E-state index in [0.717, 1.165) is 12.8 Å². The predicted octanol–water partition coefficient (Wildman–Crippen LogP) is 1.47. The molecule has 2 aromatic rings. The highest BCUT2D eigenvalue weighted by atomic mass is 16.5. The van der Waals surface area contributed by atoms with Crippen molar-refractivity contribution in [2.45, 2.75) is 69.2 Å². The number of rotatable bonds is 3. The van der Waals surface area contributed by atoms with E-state index in [1.165, 1.54) is 23.9 Å². The summed E-state index contributed by atoms with van der Waals surface area (Å²) in [6, 6.07) is 0.425. The lowest BCUT2D eigenvalue weighted by molar-refractivity contribution is -0.137. The Morgan fingerprint density at radius 2 is 2.07 bits per heavy atom. The van der Waals surface area contributed by atoms with Gasteiger partial charge in [-0.1, -0.05) is 12.8 Å². The van der Waals surface area contributed by atoms with Gasteiger partial charge in [0.15, 0.2) is 5.75 Å². The molecule has 5 rings (SSSR count). The summed E-state index contributed by atoms with van der Waals surface area (Å²) < 4.78 is 9.93. The number of ether oxygens (including phenoxy) is 1. The molecule has 1 aliphatic carbocycles. The Balaban J connectivity index is 1.25. The van der Waals surface area contributed by atoms with Gasteiger partial charge >= 0.3 is 0 Å². The van der Waals surface area contributed by atoms with Crippen molar-refractivity contribution in [1.82, 2.24) is 29.4 Å². The van der Waals surface area contributed by atoms with Gasteiger partial charge in [0.1, 0.15) is 36.6 Å². The van der Waals surface area contributed by atoms with E-state index < -0.39 is 11.7 Å². The first-order chi connectivity index (χ1) is 13.6. The molecule has 4 heterocycles. The van der Waals surface area contributed by atoms with Crippen molar-refractivity contribution in [3.05, 3.63) is 24.5 Å². The average Bonchev–Trinajstić information content (AvgIpc) is 3.43. The lowest BCUT2D eigenvalue weighted by Crippen LogP contribution is -2.52. The smallest absolute Gasteiger partial charge is 0.244 e. The topological polar surface area (TPSA) is 98.3 Å². The average molecular weight is 386 g/mol. The van der Waals surface area contributed by atoms with Gasteiger partial charge in [0.2, 0.25) is 5.91 Å². The summed E-state index contributed by atoms with van der Waals surface area (Å²) >= 11 is 0. The van der Waals surface area contributed by atoms with E-state index in [4.69, 9.17) is 4.74 Å². The van der Waals surface area contributed by atoms with E-state index >= 15 is 0 Å².